The second kappa shape index (κ2) is 9.13. The predicted molar refractivity (Wildman–Crippen MR) is 119 cm³/mol. The first-order chi connectivity index (χ1) is 14.6. The van der Waals surface area contributed by atoms with Crippen LogP contribution in [0.1, 0.15) is 30.4 Å². The Hall–Kier alpha value is -2.82. The summed E-state index contributed by atoms with van der Waals surface area (Å²) in [7, 11) is -2.40. The maximum absolute atomic E-state index is 12.8. The number of hydrogen-bond donors (Lipinski definition) is 1. The molecule has 0 amide bonds. The first kappa shape index (κ1) is 22.9. The smallest absolute Gasteiger partial charge is 0.316 e. The number of sulfonamides is 1. The minimum absolute atomic E-state index is 0.0706. The average Bonchev–Trinajstić information content (AvgIpc) is 3.19. The van der Waals surface area contributed by atoms with Crippen molar-refractivity contribution < 1.29 is 22.7 Å². The molecule has 0 radical (unpaired) electrons. The van der Waals surface area contributed by atoms with Crippen molar-refractivity contribution in [3.63, 3.8) is 0 Å². The van der Waals surface area contributed by atoms with Crippen LogP contribution in [0.3, 0.4) is 0 Å². The summed E-state index contributed by atoms with van der Waals surface area (Å²) < 4.78 is 38.6. The lowest BCUT2D eigenvalue weighted by Gasteiger charge is -2.18. The van der Waals surface area contributed by atoms with Gasteiger partial charge >= 0.3 is 6.01 Å². The molecule has 0 saturated heterocycles. The summed E-state index contributed by atoms with van der Waals surface area (Å²) in [5.41, 5.74) is 1.25. The number of thiophene rings is 1. The van der Waals surface area contributed by atoms with Crippen LogP contribution in [-0.4, -0.2) is 43.5 Å². The van der Waals surface area contributed by atoms with Crippen molar-refractivity contribution in [3.05, 3.63) is 53.0 Å². The zero-order chi connectivity index (χ0) is 22.6. The zero-order valence-corrected chi connectivity index (χ0v) is 19.2. The van der Waals surface area contributed by atoms with Crippen LogP contribution < -0.4 is 9.46 Å². The number of carbonyl (C=O) groups excluding carboxylic acids is 1. The molecule has 3 aromatic rings. The second-order valence-electron chi connectivity index (χ2n) is 7.58. The third kappa shape index (κ3) is 5.87. The molecule has 164 valence electrons. The fourth-order valence-electron chi connectivity index (χ4n) is 2.55. The molecule has 0 atom stereocenters. The molecule has 2 aromatic heterocycles. The van der Waals surface area contributed by atoms with Crippen molar-refractivity contribution in [2.75, 3.05) is 18.4 Å². The van der Waals surface area contributed by atoms with Crippen LogP contribution in [0, 0.1) is 0 Å². The third-order valence-electron chi connectivity index (χ3n) is 4.11. The maximum Gasteiger partial charge on any atom is 0.316 e. The largest absolute Gasteiger partial charge is 0.467 e. The molecule has 0 spiro atoms. The lowest BCUT2D eigenvalue weighted by molar-refractivity contribution is 0.00326. The first-order valence-electron chi connectivity index (χ1n) is 9.33. The number of ether oxygens (including phenoxy) is 2. The highest BCUT2D eigenvalue weighted by atomic mass is 32.2. The minimum Gasteiger partial charge on any atom is -0.467 e. The number of hydrogen-bond acceptors (Lipinski definition) is 8. The summed E-state index contributed by atoms with van der Waals surface area (Å²) >= 11 is 1.17. The van der Waals surface area contributed by atoms with Crippen molar-refractivity contribution in [2.45, 2.75) is 31.3 Å². The number of benzene rings is 1. The van der Waals surface area contributed by atoms with Gasteiger partial charge in [0.15, 0.2) is 0 Å². The fourth-order valence-corrected chi connectivity index (χ4v) is 4.47. The van der Waals surface area contributed by atoms with Gasteiger partial charge in [0.25, 0.3) is 10.0 Å². The lowest BCUT2D eigenvalue weighted by atomic mass is 10.1. The van der Waals surface area contributed by atoms with E-state index in [-0.39, 0.29) is 29.0 Å². The zero-order valence-electron chi connectivity index (χ0n) is 17.6. The van der Waals surface area contributed by atoms with E-state index in [1.165, 1.54) is 30.6 Å². The summed E-state index contributed by atoms with van der Waals surface area (Å²) in [5.74, 6) is -0.280. The number of methoxy groups -OCH3 is 1. The quantitative estimate of drug-likeness (QED) is 0.505. The Bertz CT molecular complexity index is 1150. The molecule has 0 unspecified atom stereocenters. The van der Waals surface area contributed by atoms with Gasteiger partial charge in [0, 0.05) is 18.0 Å². The molecule has 10 heteroatoms. The Kier molecular flexibility index (Phi) is 6.73. The van der Waals surface area contributed by atoms with Crippen LogP contribution in [0.5, 0.6) is 6.01 Å². The first-order valence-corrected chi connectivity index (χ1v) is 11.7. The van der Waals surface area contributed by atoms with Gasteiger partial charge in [0.05, 0.1) is 28.2 Å². The maximum atomic E-state index is 12.8. The second-order valence-corrected chi connectivity index (χ2v) is 10.2. The Morgan fingerprint density at radius 1 is 1.06 bits per heavy atom. The summed E-state index contributed by atoms with van der Waals surface area (Å²) in [6, 6.07) is 8.11. The summed E-state index contributed by atoms with van der Waals surface area (Å²) in [6.07, 6.45) is 3.19. The normalized spacial score (nSPS) is 11.9. The third-order valence-corrected chi connectivity index (χ3v) is 6.44. The Morgan fingerprint density at radius 3 is 2.29 bits per heavy atom. The van der Waals surface area contributed by atoms with E-state index in [2.05, 4.69) is 14.7 Å². The van der Waals surface area contributed by atoms with Crippen LogP contribution in [0.2, 0.25) is 0 Å². The topological polar surface area (TPSA) is 107 Å². The van der Waals surface area contributed by atoms with Crippen molar-refractivity contribution in [2.24, 2.45) is 0 Å². The number of carbonyl (C=O) groups is 1. The van der Waals surface area contributed by atoms with Crippen molar-refractivity contribution in [3.8, 4) is 17.1 Å². The van der Waals surface area contributed by atoms with E-state index >= 15 is 0 Å². The number of anilines is 1. The number of nitrogens with zero attached hydrogens (tertiary/aromatic N) is 2. The van der Waals surface area contributed by atoms with E-state index in [0.717, 1.165) is 11.1 Å². The van der Waals surface area contributed by atoms with E-state index in [9.17, 15) is 13.2 Å². The van der Waals surface area contributed by atoms with Crippen molar-refractivity contribution in [1.29, 1.82) is 0 Å². The van der Waals surface area contributed by atoms with Crippen molar-refractivity contribution >= 4 is 32.8 Å². The number of ketones is 1. The van der Waals surface area contributed by atoms with Crippen LogP contribution in [0.4, 0.5) is 5.69 Å². The predicted octanol–water partition coefficient (Wildman–Crippen LogP) is 4.01. The molecular weight excluding hydrogens is 438 g/mol. The van der Waals surface area contributed by atoms with E-state index in [0.29, 0.717) is 4.88 Å². The Labute approximate surface area is 185 Å². The Balaban J connectivity index is 1.76. The highest BCUT2D eigenvalue weighted by Gasteiger charge is 2.22. The van der Waals surface area contributed by atoms with Crippen LogP contribution in [0.25, 0.3) is 11.1 Å². The van der Waals surface area contributed by atoms with Gasteiger partial charge in [0.1, 0.15) is 6.61 Å². The molecule has 8 nitrogen and oxygen atoms in total. The van der Waals surface area contributed by atoms with Crippen LogP contribution in [0.15, 0.2) is 53.0 Å². The van der Waals surface area contributed by atoms with Crippen molar-refractivity contribution in [1.82, 2.24) is 9.97 Å². The molecule has 2 heterocycles. The van der Waals surface area contributed by atoms with Gasteiger partial charge in [-0.25, -0.2) is 18.4 Å². The van der Waals surface area contributed by atoms with Gasteiger partial charge in [-0.1, -0.05) is 12.1 Å². The monoisotopic (exact) mass is 461 g/mol. The van der Waals surface area contributed by atoms with Crippen LogP contribution >= 0.6 is 11.3 Å². The van der Waals surface area contributed by atoms with Gasteiger partial charge < -0.3 is 9.47 Å². The van der Waals surface area contributed by atoms with Gasteiger partial charge in [-0.05, 0) is 49.9 Å². The van der Waals surface area contributed by atoms with Gasteiger partial charge in [-0.15, -0.1) is 11.3 Å². The standard InChI is InChI=1S/C21H23N3O5S2/c1-21(2,3)29-13-18(25)19-17(9-10-30-19)24-31(26,27)16-7-5-14(6-8-16)15-11-22-20(28-4)23-12-15/h5-12,24H,13H2,1-4H3. The number of Topliss-reactive ketones (excluding diaryl/α,β-unsaturated/α-hetero) is 1. The molecule has 31 heavy (non-hydrogen) atoms. The molecule has 0 aliphatic heterocycles. The lowest BCUT2D eigenvalue weighted by Crippen LogP contribution is -2.24. The molecule has 0 fully saturated rings. The Morgan fingerprint density at radius 2 is 1.71 bits per heavy atom. The van der Waals surface area contributed by atoms with E-state index in [1.807, 2.05) is 20.8 Å². The molecule has 0 aliphatic carbocycles. The number of nitrogens with one attached hydrogen (secondary N) is 1. The van der Waals surface area contributed by atoms with Gasteiger partial charge in [0.2, 0.25) is 5.78 Å². The highest BCUT2D eigenvalue weighted by molar-refractivity contribution is 7.92. The van der Waals surface area contributed by atoms with Gasteiger partial charge in [-0.3, -0.25) is 9.52 Å². The fraction of sp³-hybridized carbons (Fsp3) is 0.286. The highest BCUT2D eigenvalue weighted by Crippen LogP contribution is 2.27. The molecular formula is C21H23N3O5S2. The SMILES string of the molecule is COc1ncc(-c2ccc(S(=O)(=O)Nc3ccsc3C(=O)COC(C)(C)C)cc2)cn1. The minimum atomic E-state index is -3.88. The summed E-state index contributed by atoms with van der Waals surface area (Å²) in [6.45, 7) is 5.41. The molecule has 1 aromatic carbocycles. The number of aromatic nitrogens is 2. The average molecular weight is 462 g/mol. The van der Waals surface area contributed by atoms with Crippen LogP contribution in [-0.2, 0) is 14.8 Å². The molecule has 1 N–H and O–H groups in total. The van der Waals surface area contributed by atoms with E-state index < -0.39 is 15.6 Å². The summed E-state index contributed by atoms with van der Waals surface area (Å²) in [4.78, 5) is 20.9. The van der Waals surface area contributed by atoms with Gasteiger partial charge in [-0.2, -0.15) is 0 Å². The summed E-state index contributed by atoms with van der Waals surface area (Å²) in [5, 5.41) is 1.66. The molecule has 3 rings (SSSR count). The molecule has 0 saturated carbocycles. The number of rotatable bonds is 8. The van der Waals surface area contributed by atoms with E-state index in [1.54, 1.807) is 36.0 Å². The molecule has 0 bridgehead atoms. The van der Waals surface area contributed by atoms with E-state index in [4.69, 9.17) is 9.47 Å². The molecule has 0 aliphatic rings.